The number of hydrogen-bond donors (Lipinski definition) is 1. The molecule has 1 rings (SSSR count). The van der Waals surface area contributed by atoms with Crippen molar-refractivity contribution in [3.8, 4) is 0 Å². The number of halogens is 2. The molecule has 0 saturated carbocycles. The molecule has 0 unspecified atom stereocenters. The van der Waals surface area contributed by atoms with E-state index >= 15 is 0 Å². The lowest BCUT2D eigenvalue weighted by Gasteiger charge is -2.06. The number of carbonyl (C=O) groups excluding carboxylic acids is 1. The fourth-order valence-corrected chi connectivity index (χ4v) is 2.30. The Balaban J connectivity index is 2.71. The molecule has 1 N–H and O–H groups in total. The monoisotopic (exact) mass is 323 g/mol. The van der Waals surface area contributed by atoms with E-state index in [-0.39, 0.29) is 5.56 Å². The highest BCUT2D eigenvalue weighted by Crippen LogP contribution is 2.18. The van der Waals surface area contributed by atoms with E-state index in [1.54, 1.807) is 7.11 Å². The van der Waals surface area contributed by atoms with Crippen LogP contribution in [0.4, 0.5) is 4.39 Å². The lowest BCUT2D eigenvalue weighted by molar-refractivity contribution is 0.0950. The molecule has 0 heterocycles. The van der Waals surface area contributed by atoms with Gasteiger partial charge < -0.3 is 10.1 Å². The second-order valence-corrected chi connectivity index (χ2v) is 6.64. The lowest BCUT2D eigenvalue weighted by Crippen LogP contribution is -2.25. The predicted octanol–water partition coefficient (Wildman–Crippen LogP) is 1.91. The number of carbonyl (C=O) groups is 1. The molecule has 5 nitrogen and oxygen atoms in total. The van der Waals surface area contributed by atoms with Crippen molar-refractivity contribution in [2.45, 2.75) is 17.7 Å². The van der Waals surface area contributed by atoms with Crippen molar-refractivity contribution in [1.82, 2.24) is 5.32 Å². The third-order valence-electron chi connectivity index (χ3n) is 2.48. The summed E-state index contributed by atoms with van der Waals surface area (Å²) < 4.78 is 40.4. The summed E-state index contributed by atoms with van der Waals surface area (Å²) in [6.07, 6.45) is 1.48. The van der Waals surface area contributed by atoms with Crippen molar-refractivity contribution in [3.05, 3.63) is 29.6 Å². The van der Waals surface area contributed by atoms with Crippen LogP contribution < -0.4 is 5.32 Å². The Labute approximate surface area is 121 Å². The molecule has 20 heavy (non-hydrogen) atoms. The van der Waals surface area contributed by atoms with Gasteiger partial charge in [-0.1, -0.05) is 0 Å². The molecule has 0 aliphatic rings. The summed E-state index contributed by atoms with van der Waals surface area (Å²) >= 11 is 0. The van der Waals surface area contributed by atoms with E-state index < -0.39 is 25.7 Å². The number of ether oxygens (including phenoxy) is 1. The molecule has 0 aromatic heterocycles. The first-order valence-corrected chi connectivity index (χ1v) is 8.18. The average Bonchev–Trinajstić information content (AvgIpc) is 2.36. The Bertz CT molecular complexity index is 577. The zero-order chi connectivity index (χ0) is 15.2. The van der Waals surface area contributed by atoms with Gasteiger partial charge in [0.1, 0.15) is 5.82 Å². The van der Waals surface area contributed by atoms with Crippen LogP contribution in [0.3, 0.4) is 0 Å². The Kier molecular flexibility index (Phi) is 6.38. The summed E-state index contributed by atoms with van der Waals surface area (Å²) in [7, 11) is 2.63. The second-order valence-electron chi connectivity index (χ2n) is 4.07. The maximum atomic E-state index is 13.3. The maximum Gasteiger partial charge on any atom is 0.261 e. The van der Waals surface area contributed by atoms with Gasteiger partial charge >= 0.3 is 0 Å². The summed E-state index contributed by atoms with van der Waals surface area (Å²) in [6, 6.07) is 2.75. The number of rotatable bonds is 7. The minimum atomic E-state index is -4.08. The van der Waals surface area contributed by atoms with Crippen LogP contribution in [-0.4, -0.2) is 34.6 Å². The van der Waals surface area contributed by atoms with Gasteiger partial charge in [-0.25, -0.2) is 12.8 Å². The zero-order valence-corrected chi connectivity index (χ0v) is 12.4. The van der Waals surface area contributed by atoms with Gasteiger partial charge in [0, 0.05) is 36.5 Å². The number of unbranched alkanes of at least 4 members (excludes halogenated alkanes) is 1. The van der Waals surface area contributed by atoms with Gasteiger partial charge in [0.05, 0.1) is 4.90 Å². The average molecular weight is 324 g/mol. The fraction of sp³-hybridized carbons (Fsp3) is 0.417. The molecule has 0 bridgehead atoms. The van der Waals surface area contributed by atoms with Gasteiger partial charge in [-0.3, -0.25) is 4.79 Å². The third-order valence-corrected chi connectivity index (χ3v) is 3.81. The first-order valence-electron chi connectivity index (χ1n) is 5.87. The highest BCUT2D eigenvalue weighted by atomic mass is 35.7. The van der Waals surface area contributed by atoms with Crippen LogP contribution >= 0.6 is 10.7 Å². The van der Waals surface area contributed by atoms with Crippen molar-refractivity contribution in [3.63, 3.8) is 0 Å². The molecule has 0 radical (unpaired) electrons. The molecule has 1 aromatic carbocycles. The van der Waals surface area contributed by atoms with E-state index in [1.165, 1.54) is 0 Å². The smallest absolute Gasteiger partial charge is 0.261 e. The Morgan fingerprint density at radius 1 is 1.35 bits per heavy atom. The maximum absolute atomic E-state index is 13.3. The van der Waals surface area contributed by atoms with E-state index in [9.17, 15) is 17.6 Å². The topological polar surface area (TPSA) is 72.5 Å². The first-order chi connectivity index (χ1) is 9.34. The summed E-state index contributed by atoms with van der Waals surface area (Å²) in [6.45, 7) is 0.978. The van der Waals surface area contributed by atoms with E-state index in [0.717, 1.165) is 24.6 Å². The van der Waals surface area contributed by atoms with Gasteiger partial charge in [-0.15, -0.1) is 0 Å². The quantitative estimate of drug-likeness (QED) is 0.614. The highest BCUT2D eigenvalue weighted by molar-refractivity contribution is 8.13. The van der Waals surface area contributed by atoms with Crippen LogP contribution in [0, 0.1) is 5.82 Å². The van der Waals surface area contributed by atoms with Crippen LogP contribution in [-0.2, 0) is 13.8 Å². The number of benzene rings is 1. The van der Waals surface area contributed by atoms with Crippen LogP contribution in [0.15, 0.2) is 23.1 Å². The van der Waals surface area contributed by atoms with Crippen molar-refractivity contribution in [2.75, 3.05) is 20.3 Å². The van der Waals surface area contributed by atoms with Crippen molar-refractivity contribution >= 4 is 25.6 Å². The molecular formula is C12H15ClFNO4S. The molecule has 0 aliphatic heterocycles. The highest BCUT2D eigenvalue weighted by Gasteiger charge is 2.15. The van der Waals surface area contributed by atoms with E-state index in [4.69, 9.17) is 15.4 Å². The Hall–Kier alpha value is -1.18. The third kappa shape index (κ3) is 5.44. The number of nitrogens with one attached hydrogen (secondary N) is 1. The SMILES string of the molecule is COCCCCNC(=O)c1cc(F)cc(S(=O)(=O)Cl)c1. The van der Waals surface area contributed by atoms with E-state index in [1.807, 2.05) is 0 Å². The Morgan fingerprint density at radius 3 is 2.65 bits per heavy atom. The van der Waals surface area contributed by atoms with Gasteiger partial charge in [0.15, 0.2) is 0 Å². The molecule has 0 aliphatic carbocycles. The van der Waals surface area contributed by atoms with E-state index in [0.29, 0.717) is 19.6 Å². The predicted molar refractivity (Wildman–Crippen MR) is 72.9 cm³/mol. The molecule has 0 fully saturated rings. The zero-order valence-electron chi connectivity index (χ0n) is 10.9. The molecule has 8 heteroatoms. The number of methoxy groups -OCH3 is 1. The number of amides is 1. The van der Waals surface area contributed by atoms with Gasteiger partial charge in [-0.05, 0) is 31.0 Å². The van der Waals surface area contributed by atoms with E-state index in [2.05, 4.69) is 5.32 Å². The molecular weight excluding hydrogens is 309 g/mol. The second kappa shape index (κ2) is 7.56. The van der Waals surface area contributed by atoms with Crippen LogP contribution in [0.5, 0.6) is 0 Å². The Morgan fingerprint density at radius 2 is 2.05 bits per heavy atom. The molecule has 0 saturated heterocycles. The standard InChI is InChI=1S/C12H15ClFNO4S/c1-19-5-3-2-4-15-12(16)9-6-10(14)8-11(7-9)20(13,17)18/h6-8H,2-5H2,1H3,(H,15,16). The molecule has 0 atom stereocenters. The summed E-state index contributed by atoms with van der Waals surface area (Å²) in [4.78, 5) is 11.3. The summed E-state index contributed by atoms with van der Waals surface area (Å²) in [5.41, 5.74) is -0.0871. The lowest BCUT2D eigenvalue weighted by atomic mass is 10.2. The molecule has 1 aromatic rings. The first kappa shape index (κ1) is 16.9. The number of hydrogen-bond acceptors (Lipinski definition) is 4. The van der Waals surface area contributed by atoms with Gasteiger partial charge in [0.25, 0.3) is 15.0 Å². The van der Waals surface area contributed by atoms with Crippen LogP contribution in [0.2, 0.25) is 0 Å². The molecule has 1 amide bonds. The van der Waals surface area contributed by atoms with Crippen LogP contribution in [0.1, 0.15) is 23.2 Å². The minimum Gasteiger partial charge on any atom is -0.385 e. The largest absolute Gasteiger partial charge is 0.385 e. The van der Waals surface area contributed by atoms with Crippen molar-refractivity contribution in [1.29, 1.82) is 0 Å². The molecule has 112 valence electrons. The molecule has 0 spiro atoms. The van der Waals surface area contributed by atoms with Crippen molar-refractivity contribution < 1.29 is 22.3 Å². The fourth-order valence-electron chi connectivity index (χ4n) is 1.51. The van der Waals surface area contributed by atoms with Gasteiger partial charge in [-0.2, -0.15) is 0 Å². The van der Waals surface area contributed by atoms with Gasteiger partial charge in [0.2, 0.25) is 0 Å². The summed E-state index contributed by atoms with van der Waals surface area (Å²) in [5, 5.41) is 2.56. The minimum absolute atomic E-state index is 0.0871. The normalized spacial score (nSPS) is 11.3. The van der Waals surface area contributed by atoms with Crippen LogP contribution in [0.25, 0.3) is 0 Å². The summed E-state index contributed by atoms with van der Waals surface area (Å²) in [5.74, 6) is -1.39. The van der Waals surface area contributed by atoms with Crippen molar-refractivity contribution in [2.24, 2.45) is 0 Å².